The molecule has 194 valence electrons. The highest BCUT2D eigenvalue weighted by atomic mass is 32.1. The fraction of sp³-hybridized carbons (Fsp3) is 0.423. The van der Waals surface area contributed by atoms with Crippen molar-refractivity contribution in [3.05, 3.63) is 52.3 Å². The highest BCUT2D eigenvalue weighted by Gasteiger charge is 2.18. The van der Waals surface area contributed by atoms with Crippen molar-refractivity contribution in [3.8, 4) is 10.6 Å². The van der Waals surface area contributed by atoms with E-state index in [1.807, 2.05) is 31.2 Å². The number of fused-ring (bicyclic) bond motifs is 1. The van der Waals surface area contributed by atoms with Crippen LogP contribution in [0, 0.1) is 12.8 Å². The number of aromatic nitrogens is 3. The predicted octanol–water partition coefficient (Wildman–Crippen LogP) is 5.26. The number of thiophene rings is 1. The second kappa shape index (κ2) is 13.1. The van der Waals surface area contributed by atoms with Crippen LogP contribution < -0.4 is 10.6 Å². The molecule has 1 aromatic carbocycles. The largest absolute Gasteiger partial charge is 0.396 e. The molecule has 0 radical (unpaired) electrons. The molecule has 3 aromatic heterocycles. The summed E-state index contributed by atoms with van der Waals surface area (Å²) < 4.78 is 1.15. The molecule has 4 aromatic rings. The van der Waals surface area contributed by atoms with Gasteiger partial charge < -0.3 is 26.0 Å². The summed E-state index contributed by atoms with van der Waals surface area (Å²) in [6, 6.07) is 12.3. The SMILES string of the molecule is CC(C)(O)O.CCC(CO)CCNc1nc(NCc2cccs2)nc(C)c1-c1nc2ccccc2s1. The number of aryl methyl sites for hydroxylation is 1. The molecule has 4 rings (SSSR count). The zero-order chi connectivity index (χ0) is 26.1. The smallest absolute Gasteiger partial charge is 0.225 e. The molecule has 0 aliphatic heterocycles. The Morgan fingerprint density at radius 2 is 1.78 bits per heavy atom. The molecule has 0 fully saturated rings. The molecule has 5 N–H and O–H groups in total. The Balaban J connectivity index is 0.000000658. The Hall–Kier alpha value is -2.63. The van der Waals surface area contributed by atoms with E-state index in [-0.39, 0.29) is 12.5 Å². The van der Waals surface area contributed by atoms with Gasteiger partial charge in [-0.25, -0.2) is 9.97 Å². The number of nitrogens with zero attached hydrogens (tertiary/aromatic N) is 3. The van der Waals surface area contributed by atoms with Crippen LogP contribution in [0.15, 0.2) is 41.8 Å². The van der Waals surface area contributed by atoms with Crippen molar-refractivity contribution >= 4 is 44.7 Å². The number of hydrogen-bond acceptors (Lipinski definition) is 10. The van der Waals surface area contributed by atoms with Crippen LogP contribution >= 0.6 is 22.7 Å². The van der Waals surface area contributed by atoms with Gasteiger partial charge in [0.2, 0.25) is 5.95 Å². The lowest BCUT2D eigenvalue weighted by molar-refractivity contribution is -0.127. The first kappa shape index (κ1) is 27.9. The molecular formula is C26H35N5O3S2. The molecular weight excluding hydrogens is 494 g/mol. The Morgan fingerprint density at radius 1 is 1.03 bits per heavy atom. The maximum Gasteiger partial charge on any atom is 0.225 e. The van der Waals surface area contributed by atoms with E-state index in [0.29, 0.717) is 12.5 Å². The van der Waals surface area contributed by atoms with Crippen LogP contribution in [-0.4, -0.2) is 49.2 Å². The molecule has 0 aliphatic carbocycles. The topological polar surface area (TPSA) is 123 Å². The van der Waals surface area contributed by atoms with Gasteiger partial charge in [0.15, 0.2) is 5.79 Å². The van der Waals surface area contributed by atoms with Crippen LogP contribution in [0.3, 0.4) is 0 Å². The van der Waals surface area contributed by atoms with Crippen molar-refractivity contribution in [2.24, 2.45) is 5.92 Å². The minimum absolute atomic E-state index is 0.208. The molecule has 0 bridgehead atoms. The van der Waals surface area contributed by atoms with E-state index in [1.165, 1.54) is 18.7 Å². The minimum Gasteiger partial charge on any atom is -0.396 e. The third-order valence-corrected chi connectivity index (χ3v) is 7.21. The number of aliphatic hydroxyl groups excluding tert-OH is 1. The van der Waals surface area contributed by atoms with E-state index in [9.17, 15) is 5.11 Å². The Morgan fingerprint density at radius 3 is 2.42 bits per heavy atom. The number of para-hydroxylation sites is 1. The van der Waals surface area contributed by atoms with Gasteiger partial charge >= 0.3 is 0 Å². The van der Waals surface area contributed by atoms with Gasteiger partial charge in [-0.3, -0.25) is 0 Å². The molecule has 0 spiro atoms. The number of benzene rings is 1. The van der Waals surface area contributed by atoms with Crippen molar-refractivity contribution < 1.29 is 15.3 Å². The van der Waals surface area contributed by atoms with Gasteiger partial charge in [0.25, 0.3) is 0 Å². The molecule has 3 heterocycles. The lowest BCUT2D eigenvalue weighted by Crippen LogP contribution is -2.15. The average molecular weight is 530 g/mol. The number of thiazole rings is 1. The van der Waals surface area contributed by atoms with Crippen molar-refractivity contribution in [1.29, 1.82) is 0 Å². The zero-order valence-corrected chi connectivity index (χ0v) is 22.8. The summed E-state index contributed by atoms with van der Waals surface area (Å²) >= 11 is 3.36. The second-order valence-corrected chi connectivity index (χ2v) is 11.0. The van der Waals surface area contributed by atoms with Crippen molar-refractivity contribution in [2.45, 2.75) is 52.9 Å². The fourth-order valence-electron chi connectivity index (χ4n) is 3.41. The number of aliphatic hydroxyl groups is 3. The number of rotatable bonds is 10. The van der Waals surface area contributed by atoms with E-state index in [0.717, 1.165) is 51.7 Å². The number of nitrogens with one attached hydrogen (secondary N) is 2. The summed E-state index contributed by atoms with van der Waals surface area (Å²) in [6.07, 6.45) is 1.84. The molecule has 0 aliphatic rings. The lowest BCUT2D eigenvalue weighted by atomic mass is 10.0. The van der Waals surface area contributed by atoms with Gasteiger partial charge in [0.1, 0.15) is 10.8 Å². The van der Waals surface area contributed by atoms with Crippen molar-refractivity contribution in [3.63, 3.8) is 0 Å². The maximum absolute atomic E-state index is 9.51. The number of hydrogen-bond donors (Lipinski definition) is 5. The van der Waals surface area contributed by atoms with Crippen LogP contribution in [0.2, 0.25) is 0 Å². The van der Waals surface area contributed by atoms with Gasteiger partial charge in [-0.1, -0.05) is 31.5 Å². The molecule has 1 atom stereocenters. The lowest BCUT2D eigenvalue weighted by Gasteiger charge is -2.16. The van der Waals surface area contributed by atoms with Crippen molar-refractivity contribution in [2.75, 3.05) is 23.8 Å². The Bertz CT molecular complexity index is 1180. The summed E-state index contributed by atoms with van der Waals surface area (Å²) in [6.45, 7) is 8.35. The third kappa shape index (κ3) is 8.49. The van der Waals surface area contributed by atoms with Gasteiger partial charge in [-0.05, 0) is 56.7 Å². The molecule has 10 heteroatoms. The van der Waals surface area contributed by atoms with Crippen LogP contribution in [0.25, 0.3) is 20.8 Å². The van der Waals surface area contributed by atoms with Crippen LogP contribution in [-0.2, 0) is 6.54 Å². The summed E-state index contributed by atoms with van der Waals surface area (Å²) in [5, 5.41) is 35.5. The standard InChI is InChI=1S/C23H27N5OS2.C3H8O2/c1-3-16(14-29)10-11-24-21-20(22-27-18-8-4-5-9-19(18)31-22)15(2)26-23(28-21)25-13-17-7-6-12-30-17;1-3(2,4)5/h4-9,12,16,29H,3,10-11,13-14H2,1-2H3,(H2,24,25,26,28);4-5H,1-2H3. The Labute approximate surface area is 220 Å². The van der Waals surface area contributed by atoms with E-state index < -0.39 is 5.79 Å². The molecule has 0 amide bonds. The molecule has 1 unspecified atom stereocenters. The average Bonchev–Trinajstić information content (AvgIpc) is 3.49. The van der Waals surface area contributed by atoms with Crippen LogP contribution in [0.4, 0.5) is 11.8 Å². The monoisotopic (exact) mass is 529 g/mol. The molecule has 8 nitrogen and oxygen atoms in total. The highest BCUT2D eigenvalue weighted by Crippen LogP contribution is 2.36. The van der Waals surface area contributed by atoms with E-state index in [1.54, 1.807) is 22.7 Å². The molecule has 0 saturated carbocycles. The predicted molar refractivity (Wildman–Crippen MR) is 150 cm³/mol. The van der Waals surface area contributed by atoms with Gasteiger partial charge in [-0.2, -0.15) is 4.98 Å². The normalized spacial score (nSPS) is 12.2. The van der Waals surface area contributed by atoms with Gasteiger partial charge in [0.05, 0.1) is 28.0 Å². The maximum atomic E-state index is 9.51. The van der Waals surface area contributed by atoms with Gasteiger partial charge in [-0.15, -0.1) is 22.7 Å². The third-order valence-electron chi connectivity index (χ3n) is 5.28. The second-order valence-electron chi connectivity index (χ2n) is 8.94. The quantitative estimate of drug-likeness (QED) is 0.176. The first-order valence-electron chi connectivity index (χ1n) is 12.0. The van der Waals surface area contributed by atoms with E-state index >= 15 is 0 Å². The zero-order valence-electron chi connectivity index (χ0n) is 21.2. The first-order valence-corrected chi connectivity index (χ1v) is 13.7. The Kier molecular flexibility index (Phi) is 10.1. The van der Waals surface area contributed by atoms with Crippen LogP contribution in [0.1, 0.15) is 44.2 Å². The summed E-state index contributed by atoms with van der Waals surface area (Å²) in [5.41, 5.74) is 2.82. The first-order chi connectivity index (χ1) is 17.2. The molecule has 0 saturated heterocycles. The fourth-order valence-corrected chi connectivity index (χ4v) is 5.12. The van der Waals surface area contributed by atoms with Crippen molar-refractivity contribution in [1.82, 2.24) is 15.0 Å². The van der Waals surface area contributed by atoms with E-state index in [2.05, 4.69) is 35.1 Å². The van der Waals surface area contributed by atoms with E-state index in [4.69, 9.17) is 25.2 Å². The summed E-state index contributed by atoms with van der Waals surface area (Å²) in [7, 11) is 0. The highest BCUT2D eigenvalue weighted by molar-refractivity contribution is 7.21. The van der Waals surface area contributed by atoms with Gasteiger partial charge in [0, 0.05) is 18.0 Å². The summed E-state index contributed by atoms with van der Waals surface area (Å²) in [5.74, 6) is 0.179. The minimum atomic E-state index is -1.50. The number of anilines is 2. The molecule has 36 heavy (non-hydrogen) atoms. The summed E-state index contributed by atoms with van der Waals surface area (Å²) in [4.78, 5) is 15.6. The van der Waals surface area contributed by atoms with Crippen LogP contribution in [0.5, 0.6) is 0 Å².